The van der Waals surface area contributed by atoms with E-state index in [0.717, 1.165) is 17.3 Å². The Morgan fingerprint density at radius 1 is 0.949 bits per heavy atom. The van der Waals surface area contributed by atoms with Gasteiger partial charge in [0.25, 0.3) is 5.69 Å². The highest BCUT2D eigenvalue weighted by Gasteiger charge is 2.14. The van der Waals surface area contributed by atoms with E-state index in [9.17, 15) is 25.0 Å². The van der Waals surface area contributed by atoms with Crippen LogP contribution in [0.5, 0.6) is 0 Å². The van der Waals surface area contributed by atoms with E-state index < -0.39 is 17.2 Å². The number of aryl methyl sites for hydroxylation is 1. The topological polar surface area (TPSA) is 166 Å². The van der Waals surface area contributed by atoms with Gasteiger partial charge in [0.2, 0.25) is 0 Å². The van der Waals surface area contributed by atoms with Crippen molar-refractivity contribution in [3.05, 3.63) is 57.6 Å². The third kappa shape index (κ3) is 10.3. The van der Waals surface area contributed by atoms with Crippen molar-refractivity contribution >= 4 is 35.1 Å². The second-order valence-corrected chi connectivity index (χ2v) is 8.76. The van der Waals surface area contributed by atoms with Crippen molar-refractivity contribution in [2.24, 2.45) is 10.2 Å². The Morgan fingerprint density at radius 3 is 1.97 bits per heavy atom. The highest BCUT2D eigenvalue weighted by molar-refractivity contribution is 5.62. The van der Waals surface area contributed by atoms with Crippen molar-refractivity contribution in [1.29, 1.82) is 5.26 Å². The number of nitro groups is 1. The van der Waals surface area contributed by atoms with Crippen molar-refractivity contribution in [1.82, 2.24) is 0 Å². The van der Waals surface area contributed by atoms with Gasteiger partial charge in [0.05, 0.1) is 41.5 Å². The summed E-state index contributed by atoms with van der Waals surface area (Å²) in [6.45, 7) is 9.28. The molecule has 0 amide bonds. The molecule has 0 aliphatic rings. The van der Waals surface area contributed by atoms with E-state index >= 15 is 0 Å². The van der Waals surface area contributed by atoms with Crippen LogP contribution in [0.15, 0.2) is 46.6 Å². The number of hydrogen-bond donors (Lipinski definition) is 0. The Kier molecular flexibility index (Phi) is 11.6. The SMILES string of the molecule is Cc1cc(N(CCOC(=O)OC(C)C)CCOC(=O)OC(C)C)ccc1N=Nc1ccc([N+](=O)[O-])cc1C#N. The maximum atomic E-state index is 11.7. The van der Waals surface area contributed by atoms with Crippen LogP contribution in [-0.2, 0) is 18.9 Å². The molecule has 0 spiro atoms. The van der Waals surface area contributed by atoms with Crippen molar-refractivity contribution in [3.63, 3.8) is 0 Å². The molecule has 0 fully saturated rings. The van der Waals surface area contributed by atoms with Crippen LogP contribution in [0.25, 0.3) is 0 Å². The Morgan fingerprint density at radius 2 is 1.49 bits per heavy atom. The molecular formula is C26H31N5O8. The lowest BCUT2D eigenvalue weighted by molar-refractivity contribution is -0.384. The van der Waals surface area contributed by atoms with Crippen LogP contribution in [0.1, 0.15) is 38.8 Å². The zero-order valence-corrected chi connectivity index (χ0v) is 22.4. The van der Waals surface area contributed by atoms with Gasteiger partial charge in [-0.2, -0.15) is 10.4 Å². The first-order valence-corrected chi connectivity index (χ1v) is 12.1. The monoisotopic (exact) mass is 541 g/mol. The van der Waals surface area contributed by atoms with E-state index in [2.05, 4.69) is 10.2 Å². The van der Waals surface area contributed by atoms with Gasteiger partial charge in [0.1, 0.15) is 25.0 Å². The van der Waals surface area contributed by atoms with Gasteiger partial charge in [0.15, 0.2) is 0 Å². The smallest absolute Gasteiger partial charge is 0.432 e. The van der Waals surface area contributed by atoms with E-state index in [1.54, 1.807) is 39.8 Å². The summed E-state index contributed by atoms with van der Waals surface area (Å²) in [6.07, 6.45) is -2.18. The summed E-state index contributed by atoms with van der Waals surface area (Å²) < 4.78 is 20.2. The molecule has 0 N–H and O–H groups in total. The lowest BCUT2D eigenvalue weighted by Gasteiger charge is -2.25. The number of nitrogens with zero attached hydrogens (tertiary/aromatic N) is 5. The second kappa shape index (κ2) is 14.9. The van der Waals surface area contributed by atoms with E-state index in [1.807, 2.05) is 24.0 Å². The summed E-state index contributed by atoms with van der Waals surface area (Å²) >= 11 is 0. The molecule has 0 unspecified atom stereocenters. The molecule has 0 heterocycles. The number of nitriles is 1. The number of non-ortho nitro benzene ring substituents is 1. The van der Waals surface area contributed by atoms with Crippen molar-refractivity contribution < 1.29 is 33.5 Å². The predicted molar refractivity (Wildman–Crippen MR) is 141 cm³/mol. The molecule has 13 nitrogen and oxygen atoms in total. The Bertz CT molecular complexity index is 1210. The maximum Gasteiger partial charge on any atom is 0.508 e. The molecule has 2 aromatic rings. The molecule has 0 aliphatic heterocycles. The Balaban J connectivity index is 2.17. The predicted octanol–water partition coefficient (Wildman–Crippen LogP) is 6.12. The first-order chi connectivity index (χ1) is 18.5. The third-order valence-electron chi connectivity index (χ3n) is 4.95. The van der Waals surface area contributed by atoms with Gasteiger partial charge in [-0.05, 0) is 64.4 Å². The number of ether oxygens (including phenoxy) is 4. The molecule has 2 aromatic carbocycles. The van der Waals surface area contributed by atoms with Crippen LogP contribution in [0.3, 0.4) is 0 Å². The molecule has 0 radical (unpaired) electrons. The zero-order chi connectivity index (χ0) is 28.9. The highest BCUT2D eigenvalue weighted by atomic mass is 16.7. The van der Waals surface area contributed by atoms with Crippen molar-refractivity contribution in [2.45, 2.75) is 46.8 Å². The number of anilines is 1. The second-order valence-electron chi connectivity index (χ2n) is 8.76. The van der Waals surface area contributed by atoms with Crippen LogP contribution in [0, 0.1) is 28.4 Å². The van der Waals surface area contributed by atoms with Crippen LogP contribution >= 0.6 is 0 Å². The molecule has 0 aromatic heterocycles. The molecule has 208 valence electrons. The largest absolute Gasteiger partial charge is 0.508 e. The van der Waals surface area contributed by atoms with E-state index in [-0.39, 0.29) is 55.4 Å². The average Bonchev–Trinajstić information content (AvgIpc) is 2.86. The average molecular weight is 542 g/mol. The van der Waals surface area contributed by atoms with Crippen LogP contribution < -0.4 is 4.90 Å². The van der Waals surface area contributed by atoms with Crippen LogP contribution in [0.4, 0.5) is 32.3 Å². The van der Waals surface area contributed by atoms with Gasteiger partial charge in [-0.1, -0.05) is 0 Å². The molecule has 0 atom stereocenters. The molecule has 0 bridgehead atoms. The molecule has 13 heteroatoms. The number of carbonyl (C=O) groups is 2. The third-order valence-corrected chi connectivity index (χ3v) is 4.95. The van der Waals surface area contributed by atoms with Gasteiger partial charge in [-0.25, -0.2) is 9.59 Å². The summed E-state index contributed by atoms with van der Waals surface area (Å²) in [5.74, 6) is 0. The molecule has 39 heavy (non-hydrogen) atoms. The molecular weight excluding hydrogens is 510 g/mol. The quantitative estimate of drug-likeness (QED) is 0.132. The van der Waals surface area contributed by atoms with Gasteiger partial charge in [-0.15, -0.1) is 5.11 Å². The molecule has 2 rings (SSSR count). The number of rotatable bonds is 12. The van der Waals surface area contributed by atoms with Gasteiger partial charge in [0, 0.05) is 17.8 Å². The number of hydrogen-bond acceptors (Lipinski definition) is 12. The van der Waals surface area contributed by atoms with E-state index in [1.165, 1.54) is 12.1 Å². The van der Waals surface area contributed by atoms with Crippen LogP contribution in [0.2, 0.25) is 0 Å². The number of azo groups is 1. The first kappa shape index (κ1) is 30.5. The minimum absolute atomic E-state index is 0.0274. The lowest BCUT2D eigenvalue weighted by atomic mass is 10.1. The summed E-state index contributed by atoms with van der Waals surface area (Å²) in [4.78, 5) is 35.7. The number of carbonyl (C=O) groups excluding carboxylic acids is 2. The highest BCUT2D eigenvalue weighted by Crippen LogP contribution is 2.29. The van der Waals surface area contributed by atoms with Crippen molar-refractivity contribution in [3.8, 4) is 6.07 Å². The number of benzene rings is 2. The molecule has 0 aliphatic carbocycles. The fourth-order valence-corrected chi connectivity index (χ4v) is 3.17. The Hall–Kier alpha value is -4.73. The fourth-order valence-electron chi connectivity index (χ4n) is 3.17. The van der Waals surface area contributed by atoms with Gasteiger partial charge >= 0.3 is 12.3 Å². The van der Waals surface area contributed by atoms with Gasteiger partial charge in [-0.3, -0.25) is 10.1 Å². The maximum absolute atomic E-state index is 11.7. The summed E-state index contributed by atoms with van der Waals surface area (Å²) in [5, 5.41) is 28.6. The minimum atomic E-state index is -0.781. The van der Waals surface area contributed by atoms with E-state index in [4.69, 9.17) is 18.9 Å². The lowest BCUT2D eigenvalue weighted by Crippen LogP contribution is -2.32. The standard InChI is InChI=1S/C26H31N5O8/c1-17(2)38-25(32)36-12-10-30(11-13-37-26(33)39-18(3)4)21-6-8-23(19(5)14-21)28-29-24-9-7-22(31(34)35)15-20(24)16-27/h6-9,14-15,17-18H,10-13H2,1-5H3. The fraction of sp³-hybridized carbons (Fsp3) is 0.423. The first-order valence-electron chi connectivity index (χ1n) is 12.1. The normalized spacial score (nSPS) is 10.8. The summed E-state index contributed by atoms with van der Waals surface area (Å²) in [6, 6.07) is 10.9. The summed E-state index contributed by atoms with van der Waals surface area (Å²) in [7, 11) is 0. The summed E-state index contributed by atoms with van der Waals surface area (Å²) in [5.41, 5.74) is 2.00. The minimum Gasteiger partial charge on any atom is -0.432 e. The van der Waals surface area contributed by atoms with E-state index in [0.29, 0.717) is 5.69 Å². The molecule has 0 saturated heterocycles. The van der Waals surface area contributed by atoms with Crippen molar-refractivity contribution in [2.75, 3.05) is 31.2 Å². The number of nitro benzene ring substituents is 1. The zero-order valence-electron chi connectivity index (χ0n) is 22.4. The molecule has 0 saturated carbocycles. The van der Waals surface area contributed by atoms with Gasteiger partial charge < -0.3 is 23.8 Å². The van der Waals surface area contributed by atoms with Crippen LogP contribution in [-0.4, -0.2) is 55.7 Å². The Labute approximate surface area is 226 Å².